The number of nitrogens with zero attached hydrogens (tertiary/aromatic N) is 1. The Hall–Kier alpha value is -6.12. The summed E-state index contributed by atoms with van der Waals surface area (Å²) in [5.41, 5.74) is 9.83. The minimum Gasteiger partial charge on any atom is -0.309 e. The van der Waals surface area contributed by atoms with Crippen molar-refractivity contribution in [3.63, 3.8) is 0 Å². The summed E-state index contributed by atoms with van der Waals surface area (Å²) in [5.74, 6) is 0. The lowest BCUT2D eigenvalue weighted by molar-refractivity contribution is 0.204. The Morgan fingerprint density at radius 1 is 0.368 bits per heavy atom. The van der Waals surface area contributed by atoms with Crippen LogP contribution in [-0.2, 0) is 0 Å². The smallest absolute Gasteiger partial charge is 0.0871 e. The van der Waals surface area contributed by atoms with Crippen molar-refractivity contribution >= 4 is 84.8 Å². The van der Waals surface area contributed by atoms with Gasteiger partial charge < -0.3 is 4.57 Å². The van der Waals surface area contributed by atoms with Gasteiger partial charge in [0.2, 0.25) is 0 Å². The zero-order valence-electron chi connectivity index (χ0n) is 30.8. The summed E-state index contributed by atoms with van der Waals surface area (Å²) in [6, 6.07) is 66.6. The van der Waals surface area contributed by atoms with Crippen LogP contribution in [0.3, 0.4) is 0 Å². The van der Waals surface area contributed by atoms with E-state index in [9.17, 15) is 0 Å². The summed E-state index contributed by atoms with van der Waals surface area (Å²) in [4.78, 5) is 0. The Bertz CT molecular complexity index is 3210. The molecule has 11 aromatic rings. The van der Waals surface area contributed by atoms with Crippen LogP contribution in [0.5, 0.6) is 0 Å². The molecule has 1 fully saturated rings. The molecule has 0 spiro atoms. The SMILES string of the molecule is c1ccc(C2NC(c3ccccc3)NC(c3cccc4sc5ccc(-c6ccc7sc8cccc(-n9c%10ccccc%10c%10ccccc%109)c8c7c6)cc5c34)N2)cc1. The first kappa shape index (κ1) is 33.1. The first-order valence-corrected chi connectivity index (χ1v) is 21.2. The maximum absolute atomic E-state index is 3.93. The van der Waals surface area contributed by atoms with Gasteiger partial charge >= 0.3 is 0 Å². The molecule has 0 amide bonds. The maximum atomic E-state index is 3.93. The van der Waals surface area contributed by atoms with Crippen LogP contribution in [0, 0.1) is 0 Å². The molecule has 0 bridgehead atoms. The summed E-state index contributed by atoms with van der Waals surface area (Å²) < 4.78 is 7.66. The molecule has 6 heteroatoms. The van der Waals surface area contributed by atoms with E-state index in [-0.39, 0.29) is 18.5 Å². The Morgan fingerprint density at radius 2 is 0.860 bits per heavy atom. The Labute approximate surface area is 337 Å². The molecular formula is C51H36N4S2. The lowest BCUT2D eigenvalue weighted by Crippen LogP contribution is -2.54. The first-order chi connectivity index (χ1) is 28.2. The largest absolute Gasteiger partial charge is 0.309 e. The van der Waals surface area contributed by atoms with E-state index in [1.165, 1.54) is 95.7 Å². The highest BCUT2D eigenvalue weighted by atomic mass is 32.1. The van der Waals surface area contributed by atoms with Crippen molar-refractivity contribution in [2.24, 2.45) is 0 Å². The van der Waals surface area contributed by atoms with Crippen LogP contribution >= 0.6 is 22.7 Å². The number of nitrogens with one attached hydrogen (secondary N) is 3. The summed E-state index contributed by atoms with van der Waals surface area (Å²) in [7, 11) is 0. The Balaban J connectivity index is 1.00. The molecule has 3 aromatic heterocycles. The maximum Gasteiger partial charge on any atom is 0.0871 e. The number of aromatic nitrogens is 1. The van der Waals surface area contributed by atoms with Gasteiger partial charge in [0.05, 0.1) is 35.2 Å². The molecule has 1 aliphatic rings. The molecule has 272 valence electrons. The first-order valence-electron chi connectivity index (χ1n) is 19.5. The molecule has 12 rings (SSSR count). The van der Waals surface area contributed by atoms with Crippen LogP contribution in [0.2, 0.25) is 0 Å². The second-order valence-electron chi connectivity index (χ2n) is 15.0. The lowest BCUT2D eigenvalue weighted by Gasteiger charge is -2.40. The Morgan fingerprint density at radius 3 is 1.46 bits per heavy atom. The van der Waals surface area contributed by atoms with Crippen LogP contribution < -0.4 is 16.0 Å². The molecule has 2 unspecified atom stereocenters. The second kappa shape index (κ2) is 13.2. The number of fused-ring (bicyclic) bond motifs is 9. The molecule has 1 aliphatic heterocycles. The quantitative estimate of drug-likeness (QED) is 0.163. The summed E-state index contributed by atoms with van der Waals surface area (Å²) in [6.07, 6.45) is -0.143. The molecule has 0 radical (unpaired) electrons. The van der Waals surface area contributed by atoms with Gasteiger partial charge in [-0.25, -0.2) is 0 Å². The highest BCUT2D eigenvalue weighted by Gasteiger charge is 2.31. The highest BCUT2D eigenvalue weighted by Crippen LogP contribution is 2.44. The van der Waals surface area contributed by atoms with Gasteiger partial charge in [0.1, 0.15) is 0 Å². The van der Waals surface area contributed by atoms with Gasteiger partial charge in [0.15, 0.2) is 0 Å². The zero-order chi connectivity index (χ0) is 37.5. The van der Waals surface area contributed by atoms with E-state index in [4.69, 9.17) is 0 Å². The van der Waals surface area contributed by atoms with E-state index in [2.05, 4.69) is 203 Å². The predicted octanol–water partition coefficient (Wildman–Crippen LogP) is 13.4. The van der Waals surface area contributed by atoms with Gasteiger partial charge in [-0.1, -0.05) is 127 Å². The fourth-order valence-corrected chi connectivity index (χ4v) is 11.4. The molecule has 4 heterocycles. The van der Waals surface area contributed by atoms with Crippen molar-refractivity contribution < 1.29 is 0 Å². The number of benzene rings is 8. The van der Waals surface area contributed by atoms with Crippen molar-refractivity contribution in [2.45, 2.75) is 18.5 Å². The monoisotopic (exact) mass is 768 g/mol. The van der Waals surface area contributed by atoms with Crippen LogP contribution in [0.15, 0.2) is 182 Å². The van der Waals surface area contributed by atoms with Crippen molar-refractivity contribution in [3.8, 4) is 16.8 Å². The highest BCUT2D eigenvalue weighted by molar-refractivity contribution is 7.26. The van der Waals surface area contributed by atoms with Gasteiger partial charge in [0.25, 0.3) is 0 Å². The topological polar surface area (TPSA) is 41.0 Å². The van der Waals surface area contributed by atoms with Crippen LogP contribution in [0.25, 0.3) is 79.0 Å². The average molecular weight is 769 g/mol. The third-order valence-corrected chi connectivity index (χ3v) is 14.0. The van der Waals surface area contributed by atoms with Gasteiger partial charge in [-0.05, 0) is 82.4 Å². The van der Waals surface area contributed by atoms with E-state index in [1.54, 1.807) is 0 Å². The fraction of sp³-hybridized carbons (Fsp3) is 0.0588. The standard InChI is InChI=1S/C51H36N4S2/c1-3-13-31(14-4-1)49-52-50(32-15-5-2-6-16-32)54-51(53-49)37-19-11-23-45-47(37)38-29-33(25-27-43(38)56-45)34-26-28-44-39(30-34)48-42(22-12-24-46(48)57-44)55-40-20-9-7-17-35(40)36-18-8-10-21-41(36)55/h1-30,49-54H. The number of para-hydroxylation sites is 2. The molecule has 3 N–H and O–H groups in total. The molecule has 0 aliphatic carbocycles. The second-order valence-corrected chi connectivity index (χ2v) is 17.2. The zero-order valence-corrected chi connectivity index (χ0v) is 32.4. The summed E-state index contributed by atoms with van der Waals surface area (Å²) in [5, 5.41) is 19.5. The number of rotatable bonds is 5. The lowest BCUT2D eigenvalue weighted by atomic mass is 9.97. The van der Waals surface area contributed by atoms with Crippen molar-refractivity contribution in [1.29, 1.82) is 0 Å². The van der Waals surface area contributed by atoms with Crippen molar-refractivity contribution in [2.75, 3.05) is 0 Å². The van der Waals surface area contributed by atoms with Crippen molar-refractivity contribution in [3.05, 3.63) is 199 Å². The molecule has 0 saturated carbocycles. The molecule has 57 heavy (non-hydrogen) atoms. The Kier molecular flexibility index (Phi) is 7.68. The van der Waals surface area contributed by atoms with E-state index >= 15 is 0 Å². The van der Waals surface area contributed by atoms with E-state index < -0.39 is 0 Å². The predicted molar refractivity (Wildman–Crippen MR) is 243 cm³/mol. The van der Waals surface area contributed by atoms with E-state index in [0.717, 1.165) is 0 Å². The van der Waals surface area contributed by atoms with Crippen LogP contribution in [0.4, 0.5) is 0 Å². The summed E-state index contributed by atoms with van der Waals surface area (Å²) in [6.45, 7) is 0. The average Bonchev–Trinajstić information content (AvgIpc) is 3.96. The van der Waals surface area contributed by atoms with Crippen LogP contribution in [-0.4, -0.2) is 4.57 Å². The van der Waals surface area contributed by atoms with Crippen molar-refractivity contribution in [1.82, 2.24) is 20.5 Å². The van der Waals surface area contributed by atoms with E-state index in [0.29, 0.717) is 0 Å². The number of hydrogen-bond donors (Lipinski definition) is 3. The number of hydrogen-bond acceptors (Lipinski definition) is 5. The van der Waals surface area contributed by atoms with E-state index in [1.807, 2.05) is 22.7 Å². The molecule has 8 aromatic carbocycles. The van der Waals surface area contributed by atoms with Gasteiger partial charge in [0, 0.05) is 51.1 Å². The fourth-order valence-electron chi connectivity index (χ4n) is 9.13. The third kappa shape index (κ3) is 5.37. The molecule has 4 nitrogen and oxygen atoms in total. The van der Waals surface area contributed by atoms with Crippen LogP contribution in [0.1, 0.15) is 35.2 Å². The molecule has 2 atom stereocenters. The van der Waals surface area contributed by atoms with Gasteiger partial charge in [-0.2, -0.15) is 0 Å². The summed E-state index contributed by atoms with van der Waals surface area (Å²) >= 11 is 3.75. The van der Waals surface area contributed by atoms with Gasteiger partial charge in [-0.3, -0.25) is 16.0 Å². The molecular weight excluding hydrogens is 733 g/mol. The minimum absolute atomic E-state index is 0.0297. The molecule has 1 saturated heterocycles. The third-order valence-electron chi connectivity index (χ3n) is 11.7. The van der Waals surface area contributed by atoms with Gasteiger partial charge in [-0.15, -0.1) is 22.7 Å². The normalized spacial score (nSPS) is 17.4. The minimum atomic E-state index is -0.0837. The number of thiophene rings is 2.